The number of aromatic nitrogens is 1. The first-order valence-corrected chi connectivity index (χ1v) is 12.4. The van der Waals surface area contributed by atoms with Gasteiger partial charge in [0.25, 0.3) is 11.6 Å². The second kappa shape index (κ2) is 10.1. The highest BCUT2D eigenvalue weighted by atomic mass is 16.6. The molecule has 4 aromatic rings. The molecule has 0 atom stereocenters. The van der Waals surface area contributed by atoms with E-state index in [-0.39, 0.29) is 11.6 Å². The Morgan fingerprint density at radius 1 is 1.05 bits per heavy atom. The fraction of sp³-hybridized carbons (Fsp3) is 0.286. The molecule has 3 N–H and O–H groups in total. The average Bonchev–Trinajstić information content (AvgIpc) is 2.90. The van der Waals surface area contributed by atoms with E-state index in [1.54, 1.807) is 18.2 Å². The van der Waals surface area contributed by atoms with Gasteiger partial charge in [-0.3, -0.25) is 14.9 Å². The zero-order valence-corrected chi connectivity index (χ0v) is 20.8. The van der Waals surface area contributed by atoms with E-state index in [1.165, 1.54) is 0 Å². The Bertz CT molecular complexity index is 1480. The lowest BCUT2D eigenvalue weighted by Gasteiger charge is -2.41. The minimum atomic E-state index is -0.391. The molecule has 0 aliphatic carbocycles. The summed E-state index contributed by atoms with van der Waals surface area (Å²) in [4.78, 5) is 28.8. The van der Waals surface area contributed by atoms with Crippen molar-refractivity contribution < 1.29 is 18.9 Å². The maximum Gasteiger partial charge on any atom is 0.269 e. The molecule has 3 aromatic carbocycles. The number of amides is 1. The summed E-state index contributed by atoms with van der Waals surface area (Å²) in [6.45, 7) is 6.79. The third kappa shape index (κ3) is 4.96. The lowest BCUT2D eigenvalue weighted by atomic mass is 10.0. The molecule has 0 unspecified atom stereocenters. The lowest BCUT2D eigenvalue weighted by Crippen LogP contribution is -2.57. The summed E-state index contributed by atoms with van der Waals surface area (Å²) in [6.07, 6.45) is 0. The number of para-hydroxylation sites is 2. The first-order chi connectivity index (χ1) is 17.9. The largest absolute Gasteiger partial charge is 0.398 e. The molecule has 0 bridgehead atoms. The number of anilines is 1. The van der Waals surface area contributed by atoms with Crippen molar-refractivity contribution in [2.75, 3.05) is 45.1 Å². The van der Waals surface area contributed by atoms with Gasteiger partial charge in [0.15, 0.2) is 0 Å². The van der Waals surface area contributed by atoms with E-state index in [2.05, 4.69) is 5.32 Å². The van der Waals surface area contributed by atoms with E-state index >= 15 is 0 Å². The molecule has 9 nitrogen and oxygen atoms in total. The first-order valence-electron chi connectivity index (χ1n) is 12.4. The van der Waals surface area contributed by atoms with Gasteiger partial charge >= 0.3 is 0 Å². The number of non-ortho nitro benzene ring substituents is 1. The number of quaternary nitrogens is 1. The van der Waals surface area contributed by atoms with Crippen molar-refractivity contribution in [3.05, 3.63) is 87.5 Å². The summed E-state index contributed by atoms with van der Waals surface area (Å²) < 4.78 is 6.34. The van der Waals surface area contributed by atoms with Crippen LogP contribution >= 0.6 is 0 Å². The zero-order valence-electron chi connectivity index (χ0n) is 20.8. The molecule has 0 saturated carbocycles. The zero-order chi connectivity index (χ0) is 26.0. The van der Waals surface area contributed by atoms with Crippen molar-refractivity contribution in [3.8, 4) is 0 Å². The number of hydrogen-bond acceptors (Lipinski definition) is 6. The highest BCUT2D eigenvalue weighted by molar-refractivity contribution is 6.13. The van der Waals surface area contributed by atoms with E-state index in [4.69, 9.17) is 15.5 Å². The molecule has 190 valence electrons. The molecule has 37 heavy (non-hydrogen) atoms. The summed E-state index contributed by atoms with van der Waals surface area (Å²) in [6, 6.07) is 18.1. The molecule has 9 heteroatoms. The number of hydrogen-bond donors (Lipinski definition) is 2. The molecule has 1 aliphatic heterocycles. The Balaban J connectivity index is 1.34. The number of nitro benzene ring substituents is 1. The van der Waals surface area contributed by atoms with Gasteiger partial charge in [0.05, 0.1) is 53.5 Å². The maximum absolute atomic E-state index is 13.3. The number of nitrogen functional groups attached to an aromatic ring is 1. The van der Waals surface area contributed by atoms with E-state index < -0.39 is 4.92 Å². The molecule has 1 saturated heterocycles. The predicted molar refractivity (Wildman–Crippen MR) is 143 cm³/mol. The van der Waals surface area contributed by atoms with E-state index in [0.717, 1.165) is 51.5 Å². The van der Waals surface area contributed by atoms with Crippen LogP contribution in [0.5, 0.6) is 0 Å². The van der Waals surface area contributed by atoms with E-state index in [9.17, 15) is 14.9 Å². The number of morpholine rings is 1. The molecular weight excluding hydrogens is 470 g/mol. The number of carbonyl (C=O) groups is 1. The fourth-order valence-corrected chi connectivity index (χ4v) is 5.15. The van der Waals surface area contributed by atoms with Crippen LogP contribution in [0.15, 0.2) is 60.7 Å². The van der Waals surface area contributed by atoms with E-state index in [1.807, 2.05) is 49.4 Å². The summed E-state index contributed by atoms with van der Waals surface area (Å²) in [7, 11) is 0. The smallest absolute Gasteiger partial charge is 0.269 e. The first kappa shape index (κ1) is 24.6. The van der Waals surface area contributed by atoms with E-state index in [0.29, 0.717) is 43.1 Å². The minimum absolute atomic E-state index is 0.0804. The molecule has 0 radical (unpaired) electrons. The van der Waals surface area contributed by atoms with Gasteiger partial charge in [-0.1, -0.05) is 30.3 Å². The Kier molecular flexibility index (Phi) is 6.73. The topological polar surface area (TPSA) is 120 Å². The van der Waals surface area contributed by atoms with Crippen molar-refractivity contribution in [2.45, 2.75) is 13.5 Å². The number of rotatable bonds is 7. The number of pyridine rings is 1. The summed E-state index contributed by atoms with van der Waals surface area (Å²) in [5.74, 6) is -0.188. The van der Waals surface area contributed by atoms with Crippen LogP contribution in [-0.2, 0) is 11.3 Å². The maximum atomic E-state index is 13.3. The van der Waals surface area contributed by atoms with Gasteiger partial charge < -0.3 is 20.3 Å². The number of nitrogens with two attached hydrogens (primary N) is 1. The number of nitrogens with one attached hydrogen (secondary N) is 1. The lowest BCUT2D eigenvalue weighted by molar-refractivity contribution is -0.946. The van der Waals surface area contributed by atoms with Crippen LogP contribution in [0.1, 0.15) is 21.5 Å². The van der Waals surface area contributed by atoms with Gasteiger partial charge in [0.1, 0.15) is 19.6 Å². The average molecular weight is 501 g/mol. The summed E-state index contributed by atoms with van der Waals surface area (Å²) in [5, 5.41) is 15.7. The third-order valence-electron chi connectivity index (χ3n) is 7.28. The van der Waals surface area contributed by atoms with Crippen LogP contribution in [0.3, 0.4) is 0 Å². The predicted octanol–water partition coefficient (Wildman–Crippen LogP) is 3.96. The fourth-order valence-electron chi connectivity index (χ4n) is 5.15. The molecule has 1 aromatic heterocycles. The molecular formula is C28H30N5O4+. The van der Waals surface area contributed by atoms with Crippen molar-refractivity contribution in [1.82, 2.24) is 10.3 Å². The number of carbonyl (C=O) groups excluding carboxylic acids is 1. The van der Waals surface area contributed by atoms with Crippen LogP contribution in [0.2, 0.25) is 0 Å². The second-order valence-corrected chi connectivity index (χ2v) is 9.66. The quantitative estimate of drug-likeness (QED) is 0.172. The molecule has 5 rings (SSSR count). The van der Waals surface area contributed by atoms with Gasteiger partial charge in [-0.2, -0.15) is 0 Å². The number of aryl methyl sites for hydroxylation is 1. The van der Waals surface area contributed by atoms with Crippen LogP contribution < -0.4 is 11.1 Å². The number of ether oxygens (including phenoxy) is 1. The van der Waals surface area contributed by atoms with Gasteiger partial charge in [0, 0.05) is 28.5 Å². The molecule has 2 heterocycles. The van der Waals surface area contributed by atoms with Crippen LogP contribution in [0.4, 0.5) is 11.4 Å². The molecule has 1 aliphatic rings. The van der Waals surface area contributed by atoms with Gasteiger partial charge in [-0.25, -0.2) is 4.98 Å². The third-order valence-corrected chi connectivity index (χ3v) is 7.28. The SMILES string of the molecule is Cc1cccc2c(N)c3cccc(C(=O)NCC[N+]4(Cc5ccc([N+](=O)[O-])cc5)CCOCC4)c3nc12. The van der Waals surface area contributed by atoms with Gasteiger partial charge in [0.2, 0.25) is 0 Å². The normalized spacial score (nSPS) is 15.1. The Morgan fingerprint density at radius 2 is 1.73 bits per heavy atom. The highest BCUT2D eigenvalue weighted by Gasteiger charge is 2.31. The van der Waals surface area contributed by atoms with Crippen molar-refractivity contribution in [1.29, 1.82) is 0 Å². The highest BCUT2D eigenvalue weighted by Crippen LogP contribution is 2.31. The molecule has 1 amide bonds. The molecule has 1 fully saturated rings. The van der Waals surface area contributed by atoms with Crippen molar-refractivity contribution in [2.24, 2.45) is 0 Å². The Labute approximate surface area is 214 Å². The standard InChI is InChI=1S/C28H29N5O4/c1-19-4-2-5-22-25(29)23-6-3-7-24(27(23)31-26(19)22)28(34)30-12-13-33(14-16-37-17-15-33)18-20-8-10-21(11-9-20)32(35)36/h2-11H,12-18H2,1H3,(H2-,29,30,31,34)/p+1. The van der Waals surface area contributed by atoms with Gasteiger partial charge in [-0.15, -0.1) is 0 Å². The van der Waals surface area contributed by atoms with Crippen LogP contribution in [0.25, 0.3) is 21.8 Å². The number of fused-ring (bicyclic) bond motifs is 2. The monoisotopic (exact) mass is 500 g/mol. The van der Waals surface area contributed by atoms with Gasteiger partial charge in [-0.05, 0) is 30.7 Å². The van der Waals surface area contributed by atoms with Crippen LogP contribution in [0, 0.1) is 17.0 Å². The number of benzene rings is 3. The Hall–Kier alpha value is -4.08. The number of nitrogens with zero attached hydrogens (tertiary/aromatic N) is 3. The summed E-state index contributed by atoms with van der Waals surface area (Å²) in [5.41, 5.74) is 11.1. The van der Waals surface area contributed by atoms with Crippen molar-refractivity contribution in [3.63, 3.8) is 0 Å². The number of nitro groups is 1. The second-order valence-electron chi connectivity index (χ2n) is 9.66. The van der Waals surface area contributed by atoms with Crippen molar-refractivity contribution >= 4 is 39.1 Å². The van der Waals surface area contributed by atoms with Crippen LogP contribution in [-0.4, -0.2) is 59.7 Å². The molecule has 0 spiro atoms. The summed E-state index contributed by atoms with van der Waals surface area (Å²) >= 11 is 0. The Morgan fingerprint density at radius 3 is 2.43 bits per heavy atom. The minimum Gasteiger partial charge on any atom is -0.398 e.